The fraction of sp³-hybridized carbons (Fsp3) is 0.438. The third kappa shape index (κ3) is 3.98. The fourth-order valence-electron chi connectivity index (χ4n) is 2.83. The standard InChI is InChI=1S/C16H18BrFN4O3/c1-9(10-2-3-13(18)12(17)8-10)19-14-20-15(23)22(16(24)21-14)11-4-6-25-7-5-11/h2-3,8-9,11H,4-7H2,1H3,(H2,19,20,21,23,24)/t9-/m0/s1. The second-order valence-electron chi connectivity index (χ2n) is 5.93. The van der Waals surface area contributed by atoms with Crippen molar-refractivity contribution in [3.63, 3.8) is 0 Å². The molecule has 2 heterocycles. The van der Waals surface area contributed by atoms with E-state index in [2.05, 4.69) is 31.2 Å². The lowest BCUT2D eigenvalue weighted by molar-refractivity contribution is 0.0670. The highest BCUT2D eigenvalue weighted by Gasteiger charge is 2.20. The minimum atomic E-state index is -0.592. The minimum Gasteiger partial charge on any atom is -0.381 e. The zero-order chi connectivity index (χ0) is 18.0. The molecular formula is C16H18BrFN4O3. The van der Waals surface area contributed by atoms with Crippen molar-refractivity contribution in [2.45, 2.75) is 31.8 Å². The van der Waals surface area contributed by atoms with Crippen LogP contribution in [0.1, 0.15) is 37.4 Å². The van der Waals surface area contributed by atoms with Gasteiger partial charge in [0, 0.05) is 19.3 Å². The summed E-state index contributed by atoms with van der Waals surface area (Å²) >= 11 is 3.14. The van der Waals surface area contributed by atoms with Crippen LogP contribution in [0.25, 0.3) is 0 Å². The van der Waals surface area contributed by atoms with Gasteiger partial charge in [0.05, 0.1) is 10.5 Å². The predicted octanol–water partition coefficient (Wildman–Crippen LogP) is 2.36. The summed E-state index contributed by atoms with van der Waals surface area (Å²) < 4.78 is 20.1. The van der Waals surface area contributed by atoms with Crippen molar-refractivity contribution in [3.8, 4) is 0 Å². The highest BCUT2D eigenvalue weighted by Crippen LogP contribution is 2.23. The summed E-state index contributed by atoms with van der Waals surface area (Å²) in [7, 11) is 0. The zero-order valence-electron chi connectivity index (χ0n) is 13.6. The third-order valence-electron chi connectivity index (χ3n) is 4.21. The molecule has 2 N–H and O–H groups in total. The molecule has 1 aromatic carbocycles. The molecule has 0 saturated carbocycles. The number of ether oxygens (including phenoxy) is 1. The van der Waals surface area contributed by atoms with Crippen LogP contribution in [0.4, 0.5) is 10.3 Å². The van der Waals surface area contributed by atoms with Crippen molar-refractivity contribution in [2.24, 2.45) is 0 Å². The van der Waals surface area contributed by atoms with E-state index in [1.807, 2.05) is 6.92 Å². The summed E-state index contributed by atoms with van der Waals surface area (Å²) in [6, 6.07) is 4.13. The van der Waals surface area contributed by atoms with Gasteiger partial charge >= 0.3 is 11.4 Å². The van der Waals surface area contributed by atoms with E-state index < -0.39 is 11.4 Å². The smallest absolute Gasteiger partial charge is 0.355 e. The summed E-state index contributed by atoms with van der Waals surface area (Å²) in [5.74, 6) is -0.271. The van der Waals surface area contributed by atoms with Crippen LogP contribution in [-0.2, 0) is 4.74 Å². The van der Waals surface area contributed by atoms with Crippen LogP contribution < -0.4 is 16.7 Å². The van der Waals surface area contributed by atoms with Crippen LogP contribution in [0.3, 0.4) is 0 Å². The number of hydrogen-bond donors (Lipinski definition) is 2. The Morgan fingerprint density at radius 1 is 1.40 bits per heavy atom. The second-order valence-corrected chi connectivity index (χ2v) is 6.78. The number of anilines is 1. The van der Waals surface area contributed by atoms with Gasteiger partial charge in [-0.25, -0.2) is 18.5 Å². The van der Waals surface area contributed by atoms with E-state index in [-0.39, 0.29) is 23.8 Å². The molecule has 0 bridgehead atoms. The predicted molar refractivity (Wildman–Crippen MR) is 94.3 cm³/mol. The third-order valence-corrected chi connectivity index (χ3v) is 4.82. The fourth-order valence-corrected chi connectivity index (χ4v) is 3.23. The van der Waals surface area contributed by atoms with Crippen molar-refractivity contribution in [3.05, 3.63) is 55.0 Å². The topological polar surface area (TPSA) is 89.0 Å². The normalized spacial score (nSPS) is 16.6. The molecule has 1 aromatic heterocycles. The van der Waals surface area contributed by atoms with Crippen molar-refractivity contribution in [2.75, 3.05) is 18.5 Å². The average molecular weight is 413 g/mol. The Kier molecular flexibility index (Phi) is 5.33. The van der Waals surface area contributed by atoms with Crippen molar-refractivity contribution >= 4 is 21.9 Å². The lowest BCUT2D eigenvalue weighted by atomic mass is 10.1. The number of rotatable bonds is 4. The molecular weight excluding hydrogens is 395 g/mol. The maximum atomic E-state index is 13.3. The molecule has 0 radical (unpaired) electrons. The molecule has 1 aliphatic heterocycles. The lowest BCUT2D eigenvalue weighted by Crippen LogP contribution is -2.42. The molecule has 0 amide bonds. The van der Waals surface area contributed by atoms with Gasteiger partial charge in [-0.1, -0.05) is 6.07 Å². The molecule has 1 atom stereocenters. The van der Waals surface area contributed by atoms with Gasteiger partial charge in [0.1, 0.15) is 5.82 Å². The monoisotopic (exact) mass is 412 g/mol. The van der Waals surface area contributed by atoms with Crippen LogP contribution in [0.2, 0.25) is 0 Å². The quantitative estimate of drug-likeness (QED) is 0.804. The molecule has 1 saturated heterocycles. The number of nitrogens with one attached hydrogen (secondary N) is 2. The van der Waals surface area contributed by atoms with Crippen LogP contribution in [0.15, 0.2) is 32.3 Å². The second kappa shape index (κ2) is 7.49. The van der Waals surface area contributed by atoms with Gasteiger partial charge in [-0.15, -0.1) is 0 Å². The van der Waals surface area contributed by atoms with E-state index in [0.717, 1.165) is 10.1 Å². The number of aromatic nitrogens is 3. The number of H-pyrrole nitrogens is 1. The maximum Gasteiger partial charge on any atom is 0.355 e. The summed E-state index contributed by atoms with van der Waals surface area (Å²) in [5, 5.41) is 2.97. The van der Waals surface area contributed by atoms with Gasteiger partial charge in [-0.2, -0.15) is 4.98 Å². The average Bonchev–Trinajstić information content (AvgIpc) is 2.57. The Labute approximate surface area is 151 Å². The lowest BCUT2D eigenvalue weighted by Gasteiger charge is -2.23. The molecule has 0 spiro atoms. The summed E-state index contributed by atoms with van der Waals surface area (Å²) in [5.41, 5.74) is -0.308. The van der Waals surface area contributed by atoms with E-state index in [0.29, 0.717) is 30.5 Å². The van der Waals surface area contributed by atoms with Gasteiger partial charge < -0.3 is 10.1 Å². The highest BCUT2D eigenvalue weighted by atomic mass is 79.9. The first-order valence-corrected chi connectivity index (χ1v) is 8.77. The van der Waals surface area contributed by atoms with E-state index in [1.165, 1.54) is 6.07 Å². The van der Waals surface area contributed by atoms with Gasteiger partial charge in [0.15, 0.2) is 0 Å². The number of nitrogens with zero attached hydrogens (tertiary/aromatic N) is 2. The summed E-state index contributed by atoms with van der Waals surface area (Å²) in [6.07, 6.45) is 1.22. The SMILES string of the molecule is C[C@H](Nc1nc(=O)n(C2CCOCC2)c(=O)[nH]1)c1ccc(F)c(Br)c1. The molecule has 0 unspecified atom stereocenters. The van der Waals surface area contributed by atoms with E-state index in [9.17, 15) is 14.0 Å². The maximum absolute atomic E-state index is 13.3. The van der Waals surface area contributed by atoms with Crippen molar-refractivity contribution < 1.29 is 9.13 Å². The summed E-state index contributed by atoms with van der Waals surface area (Å²) in [4.78, 5) is 31.1. The Morgan fingerprint density at radius 3 is 2.76 bits per heavy atom. The molecule has 25 heavy (non-hydrogen) atoms. The number of hydrogen-bond acceptors (Lipinski definition) is 5. The molecule has 1 fully saturated rings. The van der Waals surface area contributed by atoms with Gasteiger partial charge in [-0.05, 0) is 53.4 Å². The molecule has 0 aliphatic carbocycles. The largest absolute Gasteiger partial charge is 0.381 e. The summed E-state index contributed by atoms with van der Waals surface area (Å²) in [6.45, 7) is 2.86. The van der Waals surface area contributed by atoms with Gasteiger partial charge in [-0.3, -0.25) is 4.98 Å². The van der Waals surface area contributed by atoms with Gasteiger partial charge in [0.2, 0.25) is 5.95 Å². The van der Waals surface area contributed by atoms with Gasteiger partial charge in [0.25, 0.3) is 0 Å². The van der Waals surface area contributed by atoms with E-state index in [1.54, 1.807) is 12.1 Å². The Bertz CT molecular complexity index is 845. The van der Waals surface area contributed by atoms with Crippen LogP contribution in [0, 0.1) is 5.82 Å². The minimum absolute atomic E-state index is 0.0891. The van der Waals surface area contributed by atoms with Crippen LogP contribution in [0.5, 0.6) is 0 Å². The molecule has 3 rings (SSSR count). The van der Waals surface area contributed by atoms with Crippen LogP contribution >= 0.6 is 15.9 Å². The number of benzene rings is 1. The Hall–Kier alpha value is -2.00. The molecule has 2 aromatic rings. The molecule has 7 nitrogen and oxygen atoms in total. The van der Waals surface area contributed by atoms with Crippen molar-refractivity contribution in [1.29, 1.82) is 0 Å². The molecule has 1 aliphatic rings. The van der Waals surface area contributed by atoms with Crippen LogP contribution in [-0.4, -0.2) is 27.7 Å². The Balaban J connectivity index is 1.82. The first-order chi connectivity index (χ1) is 12.0. The highest BCUT2D eigenvalue weighted by molar-refractivity contribution is 9.10. The molecule has 134 valence electrons. The number of aromatic amines is 1. The first-order valence-electron chi connectivity index (χ1n) is 7.98. The Morgan fingerprint density at radius 2 is 2.12 bits per heavy atom. The van der Waals surface area contributed by atoms with E-state index in [4.69, 9.17) is 4.74 Å². The first kappa shape index (κ1) is 17.8. The zero-order valence-corrected chi connectivity index (χ0v) is 15.2. The van der Waals surface area contributed by atoms with Crippen molar-refractivity contribution in [1.82, 2.24) is 14.5 Å². The van der Waals surface area contributed by atoms with E-state index >= 15 is 0 Å². The molecule has 9 heteroatoms. The number of halogens is 2.